The Labute approximate surface area is 120 Å². The van der Waals surface area contributed by atoms with Gasteiger partial charge in [-0.15, -0.1) is 0 Å². The summed E-state index contributed by atoms with van der Waals surface area (Å²) in [4.78, 5) is 12.4. The smallest absolute Gasteiger partial charge is 0.339 e. The molecule has 0 amide bonds. The van der Waals surface area contributed by atoms with Crippen LogP contribution in [0.1, 0.15) is 37.8 Å². The highest BCUT2D eigenvalue weighted by atomic mass is 16.6. The zero-order chi connectivity index (χ0) is 14.6. The van der Waals surface area contributed by atoms with E-state index in [-0.39, 0.29) is 12.1 Å². The molecule has 2 rings (SSSR count). The molecule has 1 unspecified atom stereocenters. The van der Waals surface area contributed by atoms with Crippen molar-refractivity contribution < 1.29 is 14.3 Å². The zero-order valence-corrected chi connectivity index (χ0v) is 12.2. The van der Waals surface area contributed by atoms with Crippen LogP contribution in [0, 0.1) is 0 Å². The fourth-order valence-electron chi connectivity index (χ4n) is 2.59. The topological polar surface area (TPSA) is 61.5 Å². The molecular weight excluding hydrogens is 254 g/mol. The van der Waals surface area contributed by atoms with E-state index in [1.807, 2.05) is 38.1 Å². The van der Waals surface area contributed by atoms with Gasteiger partial charge in [0.15, 0.2) is 5.60 Å². The molecule has 0 spiro atoms. The summed E-state index contributed by atoms with van der Waals surface area (Å²) in [5, 5.41) is 0. The fraction of sp³-hybridized carbons (Fsp3) is 0.562. The average Bonchev–Trinajstić information content (AvgIpc) is 2.88. The van der Waals surface area contributed by atoms with Crippen molar-refractivity contribution in [2.24, 2.45) is 5.73 Å². The minimum atomic E-state index is -0.822. The summed E-state index contributed by atoms with van der Waals surface area (Å²) in [7, 11) is 0. The van der Waals surface area contributed by atoms with E-state index in [0.29, 0.717) is 26.0 Å². The van der Waals surface area contributed by atoms with Crippen molar-refractivity contribution in [3.63, 3.8) is 0 Å². The van der Waals surface area contributed by atoms with Gasteiger partial charge in [0, 0.05) is 19.6 Å². The molecule has 1 aromatic rings. The van der Waals surface area contributed by atoms with E-state index in [1.165, 1.54) is 0 Å². The van der Waals surface area contributed by atoms with Gasteiger partial charge in [-0.1, -0.05) is 24.3 Å². The van der Waals surface area contributed by atoms with Crippen molar-refractivity contribution in [3.05, 3.63) is 35.4 Å². The summed E-state index contributed by atoms with van der Waals surface area (Å²) in [6, 6.07) is 7.99. The van der Waals surface area contributed by atoms with Crippen LogP contribution in [0.25, 0.3) is 0 Å². The minimum absolute atomic E-state index is 0.126. The first-order chi connectivity index (χ1) is 9.55. The highest BCUT2D eigenvalue weighted by Gasteiger charge is 2.44. The van der Waals surface area contributed by atoms with Gasteiger partial charge in [-0.05, 0) is 37.8 Å². The van der Waals surface area contributed by atoms with E-state index >= 15 is 0 Å². The van der Waals surface area contributed by atoms with E-state index in [9.17, 15) is 4.79 Å². The Kier molecular flexibility index (Phi) is 4.78. The Morgan fingerprint density at radius 2 is 2.20 bits per heavy atom. The number of carbonyl (C=O) groups is 1. The van der Waals surface area contributed by atoms with Crippen LogP contribution >= 0.6 is 0 Å². The predicted octanol–water partition coefficient (Wildman–Crippen LogP) is 2.19. The number of hydrogen-bond acceptors (Lipinski definition) is 4. The van der Waals surface area contributed by atoms with Gasteiger partial charge < -0.3 is 15.2 Å². The largest absolute Gasteiger partial charge is 0.461 e. The highest BCUT2D eigenvalue weighted by molar-refractivity contribution is 5.80. The molecule has 1 aliphatic heterocycles. The zero-order valence-electron chi connectivity index (χ0n) is 12.2. The lowest BCUT2D eigenvalue weighted by molar-refractivity contribution is -0.171. The number of benzene rings is 1. The van der Waals surface area contributed by atoms with Gasteiger partial charge >= 0.3 is 5.97 Å². The Hall–Kier alpha value is -1.39. The Bertz CT molecular complexity index is 465. The third kappa shape index (κ3) is 3.38. The molecule has 1 atom stereocenters. The lowest BCUT2D eigenvalue weighted by atomic mass is 9.91. The number of nitrogens with two attached hydrogens (primary N) is 1. The molecule has 0 saturated carbocycles. The van der Waals surface area contributed by atoms with Crippen molar-refractivity contribution in [2.75, 3.05) is 6.61 Å². The second kappa shape index (κ2) is 6.37. The predicted molar refractivity (Wildman–Crippen MR) is 77.2 cm³/mol. The summed E-state index contributed by atoms with van der Waals surface area (Å²) in [6.07, 6.45) is 2.03. The fourth-order valence-corrected chi connectivity index (χ4v) is 2.59. The van der Waals surface area contributed by atoms with Gasteiger partial charge in [-0.2, -0.15) is 0 Å². The van der Waals surface area contributed by atoms with Crippen LogP contribution in [-0.4, -0.2) is 24.3 Å². The van der Waals surface area contributed by atoms with Gasteiger partial charge in [0.2, 0.25) is 0 Å². The summed E-state index contributed by atoms with van der Waals surface area (Å²) in [5.41, 5.74) is 6.97. The number of hydrogen-bond donors (Lipinski definition) is 1. The summed E-state index contributed by atoms with van der Waals surface area (Å²) in [6.45, 7) is 4.83. The van der Waals surface area contributed by atoms with Crippen molar-refractivity contribution in [3.8, 4) is 0 Å². The third-order valence-electron chi connectivity index (χ3n) is 3.53. The van der Waals surface area contributed by atoms with Crippen molar-refractivity contribution in [1.29, 1.82) is 0 Å². The molecule has 0 aliphatic carbocycles. The molecule has 20 heavy (non-hydrogen) atoms. The molecule has 0 radical (unpaired) electrons. The van der Waals surface area contributed by atoms with E-state index in [4.69, 9.17) is 15.2 Å². The average molecular weight is 277 g/mol. The van der Waals surface area contributed by atoms with Crippen LogP contribution in [0.5, 0.6) is 0 Å². The van der Waals surface area contributed by atoms with E-state index < -0.39 is 5.60 Å². The summed E-state index contributed by atoms with van der Waals surface area (Å²) in [5.74, 6) is -0.247. The van der Waals surface area contributed by atoms with Crippen molar-refractivity contribution in [1.82, 2.24) is 0 Å². The maximum atomic E-state index is 12.4. The molecule has 1 saturated heterocycles. The molecule has 1 heterocycles. The van der Waals surface area contributed by atoms with Gasteiger partial charge in [0.05, 0.1) is 6.10 Å². The Morgan fingerprint density at radius 1 is 1.45 bits per heavy atom. The van der Waals surface area contributed by atoms with Gasteiger partial charge in [0.1, 0.15) is 0 Å². The van der Waals surface area contributed by atoms with Crippen molar-refractivity contribution in [2.45, 2.75) is 51.4 Å². The monoisotopic (exact) mass is 277 g/mol. The van der Waals surface area contributed by atoms with Crippen molar-refractivity contribution >= 4 is 5.97 Å². The molecular formula is C16H23NO3. The summed E-state index contributed by atoms with van der Waals surface area (Å²) >= 11 is 0. The molecule has 1 aliphatic rings. The van der Waals surface area contributed by atoms with E-state index in [1.54, 1.807) is 0 Å². The Morgan fingerprint density at radius 3 is 2.80 bits per heavy atom. The van der Waals surface area contributed by atoms with Crippen LogP contribution in [0.15, 0.2) is 24.3 Å². The normalized spacial score (nSPS) is 22.2. The number of rotatable bonds is 5. The number of carbonyl (C=O) groups excluding carboxylic acids is 1. The molecule has 2 N–H and O–H groups in total. The number of esters is 1. The molecule has 1 aromatic carbocycles. The SMILES string of the molecule is CC(C)OC(=O)C1(Cc2cccc(CN)c2)CCCO1. The molecule has 0 bridgehead atoms. The quantitative estimate of drug-likeness (QED) is 0.838. The number of ether oxygens (including phenoxy) is 2. The Balaban J connectivity index is 2.18. The van der Waals surface area contributed by atoms with E-state index in [2.05, 4.69) is 0 Å². The second-order valence-electron chi connectivity index (χ2n) is 5.60. The molecule has 0 aromatic heterocycles. The maximum Gasteiger partial charge on any atom is 0.339 e. The van der Waals surface area contributed by atoms with Crippen LogP contribution in [-0.2, 0) is 27.2 Å². The van der Waals surface area contributed by atoms with Gasteiger partial charge in [-0.3, -0.25) is 0 Å². The van der Waals surface area contributed by atoms with Crippen LogP contribution in [0.4, 0.5) is 0 Å². The van der Waals surface area contributed by atoms with E-state index in [0.717, 1.165) is 17.5 Å². The molecule has 1 fully saturated rings. The van der Waals surface area contributed by atoms with Gasteiger partial charge in [-0.25, -0.2) is 4.79 Å². The van der Waals surface area contributed by atoms with Crippen LogP contribution in [0.2, 0.25) is 0 Å². The molecule has 110 valence electrons. The first-order valence-electron chi connectivity index (χ1n) is 7.19. The minimum Gasteiger partial charge on any atom is -0.461 e. The first-order valence-corrected chi connectivity index (χ1v) is 7.19. The lowest BCUT2D eigenvalue weighted by Gasteiger charge is -2.27. The summed E-state index contributed by atoms with van der Waals surface area (Å²) < 4.78 is 11.2. The molecule has 4 heteroatoms. The van der Waals surface area contributed by atoms with Crippen LogP contribution in [0.3, 0.4) is 0 Å². The van der Waals surface area contributed by atoms with Gasteiger partial charge in [0.25, 0.3) is 0 Å². The second-order valence-corrected chi connectivity index (χ2v) is 5.60. The maximum absolute atomic E-state index is 12.4. The highest BCUT2D eigenvalue weighted by Crippen LogP contribution is 2.31. The molecule has 4 nitrogen and oxygen atoms in total. The first kappa shape index (κ1) is 15.0. The lowest BCUT2D eigenvalue weighted by Crippen LogP contribution is -2.42. The third-order valence-corrected chi connectivity index (χ3v) is 3.53. The van der Waals surface area contributed by atoms with Crippen LogP contribution < -0.4 is 5.73 Å². The standard InChI is InChI=1S/C16H23NO3/c1-12(2)20-15(18)16(7-4-8-19-16)10-13-5-3-6-14(9-13)11-17/h3,5-6,9,12H,4,7-8,10-11,17H2,1-2H3.